The Bertz CT molecular complexity index is 146. The van der Waals surface area contributed by atoms with Gasteiger partial charge in [-0.2, -0.15) is 54.0 Å². The van der Waals surface area contributed by atoms with Crippen molar-refractivity contribution < 1.29 is 29.4 Å². The van der Waals surface area contributed by atoms with Crippen molar-refractivity contribution in [3.8, 4) is 0 Å². The lowest BCUT2D eigenvalue weighted by molar-refractivity contribution is 0.361. The molecule has 0 saturated heterocycles. The fraction of sp³-hybridized carbons (Fsp3) is 1.00. The van der Waals surface area contributed by atoms with Crippen molar-refractivity contribution in [3.05, 3.63) is 0 Å². The van der Waals surface area contributed by atoms with E-state index in [2.05, 4.69) is 23.6 Å². The van der Waals surface area contributed by atoms with E-state index in [0.29, 0.717) is 0 Å². The predicted molar refractivity (Wildman–Crippen MR) is 106 cm³/mol. The molecule has 0 aromatic rings. The number of rotatable bonds is 0. The van der Waals surface area contributed by atoms with Crippen LogP contribution in [0.1, 0.15) is 27.7 Å². The van der Waals surface area contributed by atoms with E-state index >= 15 is 0 Å². The van der Waals surface area contributed by atoms with E-state index < -0.39 is 13.4 Å². The molecule has 0 bridgehead atoms. The fourth-order valence-corrected chi connectivity index (χ4v) is 0. The smallest absolute Gasteiger partial charge is 0.319 e. The SMILES string of the molecule is CC.CC.OP(O)(O)=S.OP(O)(O)=S.S.S.S.S. The molecule has 6 nitrogen and oxygen atoms in total. The predicted octanol–water partition coefficient (Wildman–Crippen LogP) is 0.879. The summed E-state index contributed by atoms with van der Waals surface area (Å²) in [5.41, 5.74) is 0. The standard InChI is InChI=1S/2C2H6.2H3O3PS.4H2S/c2*1-2;2*1-4(2,3)5;;;;/h2*1-2H3;2*(H3,1,2,3,5);4*1H2. The van der Waals surface area contributed by atoms with Crippen LogP contribution in [-0.4, -0.2) is 29.4 Å². The van der Waals surface area contributed by atoms with Crippen LogP contribution in [0.15, 0.2) is 0 Å². The van der Waals surface area contributed by atoms with Gasteiger partial charge in [-0.05, 0) is 23.6 Å². The van der Waals surface area contributed by atoms with Crippen LogP contribution in [0.25, 0.3) is 0 Å². The second-order valence-corrected chi connectivity index (χ2v) is 6.02. The lowest BCUT2D eigenvalue weighted by atomic mass is 11.0. The van der Waals surface area contributed by atoms with Crippen molar-refractivity contribution >= 4 is 91.0 Å². The first-order chi connectivity index (χ1) is 6.00. The summed E-state index contributed by atoms with van der Waals surface area (Å²) in [5, 5.41) is 0. The van der Waals surface area contributed by atoms with E-state index in [1.807, 2.05) is 27.7 Å². The highest BCUT2D eigenvalue weighted by Crippen LogP contribution is 2.26. The van der Waals surface area contributed by atoms with Gasteiger partial charge < -0.3 is 29.4 Å². The average molecular weight is 425 g/mol. The van der Waals surface area contributed by atoms with Crippen LogP contribution < -0.4 is 0 Å². The topological polar surface area (TPSA) is 121 Å². The number of hydrogen-bond acceptors (Lipinski definition) is 2. The molecule has 0 radical (unpaired) electrons. The average Bonchev–Trinajstić information content (AvgIpc) is 1.88. The molecule has 124 valence electrons. The largest absolute Gasteiger partial charge is 0.325 e. The van der Waals surface area contributed by atoms with Gasteiger partial charge in [-0.1, -0.05) is 27.7 Å². The molecule has 0 aromatic carbocycles. The van der Waals surface area contributed by atoms with E-state index in [9.17, 15) is 0 Å². The Morgan fingerprint density at radius 2 is 0.500 bits per heavy atom. The van der Waals surface area contributed by atoms with Gasteiger partial charge in [-0.25, -0.2) is 0 Å². The van der Waals surface area contributed by atoms with Crippen LogP contribution in [0, 0.1) is 0 Å². The highest BCUT2D eigenvalue weighted by atomic mass is 32.5. The quantitative estimate of drug-likeness (QED) is 0.317. The molecule has 0 heterocycles. The van der Waals surface area contributed by atoms with Gasteiger partial charge in [-0.3, -0.25) is 0 Å². The molecule has 0 aromatic heterocycles. The Morgan fingerprint density at radius 3 is 0.500 bits per heavy atom. The van der Waals surface area contributed by atoms with Crippen LogP contribution >= 0.6 is 67.4 Å². The molecule has 0 aliphatic rings. The molecule has 0 unspecified atom stereocenters. The van der Waals surface area contributed by atoms with Crippen molar-refractivity contribution in [2.45, 2.75) is 27.7 Å². The van der Waals surface area contributed by atoms with Crippen molar-refractivity contribution in [1.82, 2.24) is 0 Å². The molecule has 0 fully saturated rings. The highest BCUT2D eigenvalue weighted by Gasteiger charge is 1.92. The molecule has 6 N–H and O–H groups in total. The van der Waals surface area contributed by atoms with Gasteiger partial charge in [0.1, 0.15) is 0 Å². The molecule has 0 amide bonds. The van der Waals surface area contributed by atoms with Crippen molar-refractivity contribution in [2.24, 2.45) is 0 Å². The molecule has 0 saturated carbocycles. The Balaban J connectivity index is -0.0000000123. The summed E-state index contributed by atoms with van der Waals surface area (Å²) in [6, 6.07) is 0. The lowest BCUT2D eigenvalue weighted by Gasteiger charge is -1.88. The second kappa shape index (κ2) is 31.7. The van der Waals surface area contributed by atoms with Gasteiger partial charge in [0.05, 0.1) is 0 Å². The minimum Gasteiger partial charge on any atom is -0.325 e. The van der Waals surface area contributed by atoms with Crippen molar-refractivity contribution in [3.63, 3.8) is 0 Å². The molecule has 0 spiro atoms. The summed E-state index contributed by atoms with van der Waals surface area (Å²) < 4.78 is 0. The Hall–Kier alpha value is 2.46. The van der Waals surface area contributed by atoms with E-state index in [1.54, 1.807) is 0 Å². The van der Waals surface area contributed by atoms with E-state index in [4.69, 9.17) is 29.4 Å². The zero-order valence-electron chi connectivity index (χ0n) is 10.4. The van der Waals surface area contributed by atoms with Gasteiger partial charge in [-0.15, -0.1) is 0 Å². The van der Waals surface area contributed by atoms with Crippen LogP contribution in [0.2, 0.25) is 0 Å². The number of hydrogen-bond donors (Lipinski definition) is 6. The zero-order chi connectivity index (χ0) is 13.0. The van der Waals surface area contributed by atoms with Crippen LogP contribution in [0.5, 0.6) is 0 Å². The first-order valence-corrected chi connectivity index (χ1v) is 8.89. The maximum atomic E-state index is 7.56. The molecular weight excluding hydrogens is 398 g/mol. The van der Waals surface area contributed by atoms with Gasteiger partial charge in [0.25, 0.3) is 0 Å². The third kappa shape index (κ3) is 930. The molecule has 0 atom stereocenters. The monoisotopic (exact) mass is 424 g/mol. The van der Waals surface area contributed by atoms with Gasteiger partial charge in [0.2, 0.25) is 0 Å². The van der Waals surface area contributed by atoms with Crippen LogP contribution in [0.4, 0.5) is 0 Å². The molecule has 14 heteroatoms. The Morgan fingerprint density at radius 1 is 0.500 bits per heavy atom. The molecule has 0 rings (SSSR count). The fourth-order valence-electron chi connectivity index (χ4n) is 0. The molecule has 0 aliphatic heterocycles. The van der Waals surface area contributed by atoms with Gasteiger partial charge in [0, 0.05) is 0 Å². The molecule has 0 aliphatic carbocycles. The maximum Gasteiger partial charge on any atom is 0.319 e. The highest BCUT2D eigenvalue weighted by molar-refractivity contribution is 8.06. The molecule has 18 heavy (non-hydrogen) atoms. The third-order valence-electron chi connectivity index (χ3n) is 0. The summed E-state index contributed by atoms with van der Waals surface area (Å²) in [6.45, 7) is 0.389. The molecular formula is C4H26O6P2S6. The summed E-state index contributed by atoms with van der Waals surface area (Å²) in [7, 11) is 0. The van der Waals surface area contributed by atoms with Gasteiger partial charge >= 0.3 is 13.4 Å². The first-order valence-electron chi connectivity index (χ1n) is 3.57. The Kier molecular flexibility index (Phi) is 87.9. The van der Waals surface area contributed by atoms with Crippen LogP contribution in [0.3, 0.4) is 0 Å². The van der Waals surface area contributed by atoms with Crippen molar-refractivity contribution in [2.75, 3.05) is 0 Å². The third-order valence-corrected chi connectivity index (χ3v) is 0. The van der Waals surface area contributed by atoms with Gasteiger partial charge in [0.15, 0.2) is 0 Å². The van der Waals surface area contributed by atoms with Crippen molar-refractivity contribution in [1.29, 1.82) is 0 Å². The summed E-state index contributed by atoms with van der Waals surface area (Å²) in [6.07, 6.45) is 0. The van der Waals surface area contributed by atoms with E-state index in [-0.39, 0.29) is 54.0 Å². The summed E-state index contributed by atoms with van der Waals surface area (Å²) in [4.78, 5) is 45.3. The zero-order valence-corrected chi connectivity index (χ0v) is 17.8. The normalized spacial score (nSPS) is 7.22. The Labute approximate surface area is 147 Å². The minimum absolute atomic E-state index is 0. The maximum absolute atomic E-state index is 7.56. The summed E-state index contributed by atoms with van der Waals surface area (Å²) in [5.74, 6) is 0. The van der Waals surface area contributed by atoms with Crippen LogP contribution in [-0.2, 0) is 23.6 Å². The van der Waals surface area contributed by atoms with E-state index in [0.717, 1.165) is 0 Å². The second-order valence-electron chi connectivity index (χ2n) is 1.03. The minimum atomic E-state index is -3.81. The summed E-state index contributed by atoms with van der Waals surface area (Å²) >= 11 is 7.21. The lowest BCUT2D eigenvalue weighted by Crippen LogP contribution is -1.65. The van der Waals surface area contributed by atoms with E-state index in [1.165, 1.54) is 0 Å². The first kappa shape index (κ1) is 49.9.